The Labute approximate surface area is 122 Å². The molecule has 0 saturated heterocycles. The van der Waals surface area contributed by atoms with Gasteiger partial charge in [0.05, 0.1) is 13.0 Å². The predicted molar refractivity (Wildman–Crippen MR) is 80.8 cm³/mol. The maximum atomic E-state index is 13.7. The third-order valence-electron chi connectivity index (χ3n) is 2.92. The number of hydrogen-bond acceptors (Lipinski definition) is 3. The van der Waals surface area contributed by atoms with Crippen LogP contribution in [0.4, 0.5) is 15.8 Å². The number of para-hydroxylation sites is 1. The Balaban J connectivity index is 2.03. The van der Waals surface area contributed by atoms with E-state index in [1.807, 2.05) is 6.07 Å². The van der Waals surface area contributed by atoms with Crippen molar-refractivity contribution >= 4 is 17.3 Å². The normalized spacial score (nSPS) is 10.2. The number of halogens is 1. The Morgan fingerprint density at radius 2 is 2.05 bits per heavy atom. The second-order valence-electron chi connectivity index (χ2n) is 4.50. The van der Waals surface area contributed by atoms with Crippen LogP contribution in [-0.4, -0.2) is 12.5 Å². The number of carbonyl (C=O) groups excluding carboxylic acids is 1. The number of rotatable bonds is 5. The summed E-state index contributed by atoms with van der Waals surface area (Å²) in [7, 11) is 0. The van der Waals surface area contributed by atoms with E-state index in [2.05, 4.69) is 5.32 Å². The van der Waals surface area contributed by atoms with Crippen molar-refractivity contribution in [1.29, 1.82) is 0 Å². The van der Waals surface area contributed by atoms with Gasteiger partial charge >= 0.3 is 0 Å². The molecular formula is C16H17FN2O2. The zero-order valence-corrected chi connectivity index (χ0v) is 11.7. The van der Waals surface area contributed by atoms with Crippen LogP contribution in [0, 0.1) is 5.82 Å². The van der Waals surface area contributed by atoms with Crippen LogP contribution in [0.2, 0.25) is 0 Å². The molecule has 2 rings (SSSR count). The van der Waals surface area contributed by atoms with Crippen molar-refractivity contribution in [2.45, 2.75) is 13.3 Å². The molecule has 4 nitrogen and oxygen atoms in total. The molecule has 0 saturated carbocycles. The summed E-state index contributed by atoms with van der Waals surface area (Å²) in [6.45, 7) is 2.16. The standard InChI is InChI=1S/C16H17FN2O2/c1-2-21-15-8-7-12(10-13(15)17)19-16(20)9-11-5-3-4-6-14(11)18/h3-8,10H,2,9,18H2,1H3,(H,19,20). The van der Waals surface area contributed by atoms with Gasteiger partial charge in [0.25, 0.3) is 0 Å². The lowest BCUT2D eigenvalue weighted by Crippen LogP contribution is -2.15. The summed E-state index contributed by atoms with van der Waals surface area (Å²) in [5, 5.41) is 2.64. The maximum Gasteiger partial charge on any atom is 0.228 e. The fourth-order valence-corrected chi connectivity index (χ4v) is 1.92. The Morgan fingerprint density at radius 1 is 1.29 bits per heavy atom. The van der Waals surface area contributed by atoms with Gasteiger partial charge < -0.3 is 15.8 Å². The van der Waals surface area contributed by atoms with Gasteiger partial charge in [0.15, 0.2) is 11.6 Å². The fourth-order valence-electron chi connectivity index (χ4n) is 1.92. The lowest BCUT2D eigenvalue weighted by atomic mass is 10.1. The van der Waals surface area contributed by atoms with Gasteiger partial charge in [-0.05, 0) is 30.7 Å². The van der Waals surface area contributed by atoms with E-state index in [0.29, 0.717) is 18.0 Å². The Kier molecular flexibility index (Phi) is 4.77. The second-order valence-corrected chi connectivity index (χ2v) is 4.50. The van der Waals surface area contributed by atoms with Crippen molar-refractivity contribution in [1.82, 2.24) is 0 Å². The Bertz CT molecular complexity index is 644. The molecule has 0 spiro atoms. The highest BCUT2D eigenvalue weighted by Crippen LogP contribution is 2.21. The smallest absolute Gasteiger partial charge is 0.228 e. The van der Waals surface area contributed by atoms with Crippen molar-refractivity contribution in [2.24, 2.45) is 0 Å². The van der Waals surface area contributed by atoms with Crippen molar-refractivity contribution < 1.29 is 13.9 Å². The van der Waals surface area contributed by atoms with Crippen molar-refractivity contribution in [3.8, 4) is 5.75 Å². The molecule has 0 aliphatic heterocycles. The first-order valence-corrected chi connectivity index (χ1v) is 6.65. The minimum absolute atomic E-state index is 0.140. The SMILES string of the molecule is CCOc1ccc(NC(=O)Cc2ccccc2N)cc1F. The van der Waals surface area contributed by atoms with Crippen molar-refractivity contribution in [3.05, 3.63) is 53.8 Å². The summed E-state index contributed by atoms with van der Waals surface area (Å²) >= 11 is 0. The molecule has 0 aliphatic carbocycles. The first-order valence-electron chi connectivity index (χ1n) is 6.65. The molecule has 1 amide bonds. The highest BCUT2D eigenvalue weighted by atomic mass is 19.1. The molecule has 0 atom stereocenters. The van der Waals surface area contributed by atoms with Crippen LogP contribution in [0.1, 0.15) is 12.5 Å². The number of hydrogen-bond donors (Lipinski definition) is 2. The van der Waals surface area contributed by atoms with Crippen molar-refractivity contribution in [2.75, 3.05) is 17.7 Å². The van der Waals surface area contributed by atoms with E-state index >= 15 is 0 Å². The highest BCUT2D eigenvalue weighted by Gasteiger charge is 2.09. The topological polar surface area (TPSA) is 64.3 Å². The van der Waals surface area contributed by atoms with Gasteiger partial charge in [-0.2, -0.15) is 0 Å². The first kappa shape index (κ1) is 14.8. The first-order chi connectivity index (χ1) is 10.1. The predicted octanol–water partition coefficient (Wildman–Crippen LogP) is 2.99. The summed E-state index contributed by atoms with van der Waals surface area (Å²) in [4.78, 5) is 11.9. The lowest BCUT2D eigenvalue weighted by molar-refractivity contribution is -0.115. The largest absolute Gasteiger partial charge is 0.491 e. The molecule has 3 N–H and O–H groups in total. The summed E-state index contributed by atoms with van der Waals surface area (Å²) in [6.07, 6.45) is 0.140. The van der Waals surface area contributed by atoms with Gasteiger partial charge in [-0.1, -0.05) is 18.2 Å². The van der Waals surface area contributed by atoms with Crippen LogP contribution >= 0.6 is 0 Å². The zero-order chi connectivity index (χ0) is 15.2. The molecule has 0 aromatic heterocycles. The Hall–Kier alpha value is -2.56. The zero-order valence-electron chi connectivity index (χ0n) is 11.7. The summed E-state index contributed by atoms with van der Waals surface area (Å²) in [6, 6.07) is 11.5. The van der Waals surface area contributed by atoms with E-state index in [-0.39, 0.29) is 18.1 Å². The van der Waals surface area contributed by atoms with Gasteiger partial charge in [0.1, 0.15) is 0 Å². The van der Waals surface area contributed by atoms with E-state index < -0.39 is 5.82 Å². The van der Waals surface area contributed by atoms with E-state index in [4.69, 9.17) is 10.5 Å². The van der Waals surface area contributed by atoms with Crippen LogP contribution < -0.4 is 15.8 Å². The fraction of sp³-hybridized carbons (Fsp3) is 0.188. The molecule has 0 bridgehead atoms. The number of nitrogens with two attached hydrogens (primary N) is 1. The van der Waals surface area contributed by atoms with Gasteiger partial charge in [0.2, 0.25) is 5.91 Å². The average Bonchev–Trinajstić information content (AvgIpc) is 2.44. The number of nitrogen functional groups attached to an aromatic ring is 1. The number of carbonyl (C=O) groups is 1. The second kappa shape index (κ2) is 6.74. The van der Waals surface area contributed by atoms with Gasteiger partial charge in [-0.25, -0.2) is 4.39 Å². The molecule has 5 heteroatoms. The van der Waals surface area contributed by atoms with Crippen LogP contribution in [-0.2, 0) is 11.2 Å². The van der Waals surface area contributed by atoms with Gasteiger partial charge in [0, 0.05) is 17.4 Å². The summed E-state index contributed by atoms with van der Waals surface area (Å²) in [5.41, 5.74) is 7.47. The molecule has 0 heterocycles. The van der Waals surface area contributed by atoms with Gasteiger partial charge in [-0.3, -0.25) is 4.79 Å². The van der Waals surface area contributed by atoms with E-state index in [1.54, 1.807) is 31.2 Å². The molecule has 2 aromatic rings. The van der Waals surface area contributed by atoms with Crippen molar-refractivity contribution in [3.63, 3.8) is 0 Å². The lowest BCUT2D eigenvalue weighted by Gasteiger charge is -2.09. The van der Waals surface area contributed by atoms with Gasteiger partial charge in [-0.15, -0.1) is 0 Å². The molecule has 0 radical (unpaired) electrons. The number of benzene rings is 2. The number of nitrogens with one attached hydrogen (secondary N) is 1. The van der Waals surface area contributed by atoms with E-state index in [9.17, 15) is 9.18 Å². The van der Waals surface area contributed by atoms with Crippen LogP contribution in [0.15, 0.2) is 42.5 Å². The third-order valence-corrected chi connectivity index (χ3v) is 2.92. The Morgan fingerprint density at radius 3 is 2.71 bits per heavy atom. The molecule has 0 unspecified atom stereocenters. The molecule has 110 valence electrons. The molecular weight excluding hydrogens is 271 g/mol. The minimum Gasteiger partial charge on any atom is -0.491 e. The average molecular weight is 288 g/mol. The molecule has 0 aliphatic rings. The van der Waals surface area contributed by atoms with Crippen LogP contribution in [0.3, 0.4) is 0 Å². The number of amides is 1. The minimum atomic E-state index is -0.506. The molecule has 2 aromatic carbocycles. The molecule has 0 fully saturated rings. The quantitative estimate of drug-likeness (QED) is 0.831. The maximum absolute atomic E-state index is 13.7. The monoisotopic (exact) mass is 288 g/mol. The summed E-state index contributed by atoms with van der Waals surface area (Å²) < 4.78 is 18.8. The summed E-state index contributed by atoms with van der Waals surface area (Å²) in [5.74, 6) is -0.590. The third kappa shape index (κ3) is 3.95. The number of anilines is 2. The van der Waals surface area contributed by atoms with E-state index in [0.717, 1.165) is 5.56 Å². The molecule has 21 heavy (non-hydrogen) atoms. The number of ether oxygens (including phenoxy) is 1. The highest BCUT2D eigenvalue weighted by molar-refractivity contribution is 5.93. The van der Waals surface area contributed by atoms with Crippen LogP contribution in [0.25, 0.3) is 0 Å². The van der Waals surface area contributed by atoms with E-state index in [1.165, 1.54) is 12.1 Å². The van der Waals surface area contributed by atoms with Crippen LogP contribution in [0.5, 0.6) is 5.75 Å².